The summed E-state index contributed by atoms with van der Waals surface area (Å²) in [5, 5.41) is 1.15. The van der Waals surface area contributed by atoms with E-state index in [-0.39, 0.29) is 0 Å². The molecule has 0 unspecified atom stereocenters. The zero-order valence-electron chi connectivity index (χ0n) is 7.37. The van der Waals surface area contributed by atoms with Crippen LogP contribution in [0.2, 0.25) is 0 Å². The summed E-state index contributed by atoms with van der Waals surface area (Å²) < 4.78 is 0. The van der Waals surface area contributed by atoms with Crippen LogP contribution in [0.3, 0.4) is 0 Å². The van der Waals surface area contributed by atoms with Gasteiger partial charge in [0.15, 0.2) is 0 Å². The molecule has 0 bridgehead atoms. The molecule has 70 valence electrons. The minimum absolute atomic E-state index is 0.605. The lowest BCUT2D eigenvalue weighted by atomic mass is 10.2. The molecule has 1 nitrogen and oxygen atoms in total. The lowest BCUT2D eigenvalue weighted by Gasteiger charge is -2.09. The van der Waals surface area contributed by atoms with E-state index in [0.717, 1.165) is 5.33 Å². The Labute approximate surface area is 91.5 Å². The molecule has 0 atom stereocenters. The van der Waals surface area contributed by atoms with Crippen LogP contribution in [0.1, 0.15) is 12.8 Å². The van der Waals surface area contributed by atoms with Gasteiger partial charge in [-0.3, -0.25) is 4.98 Å². The second-order valence-corrected chi connectivity index (χ2v) is 5.21. The molecule has 0 aromatic carbocycles. The van der Waals surface area contributed by atoms with Gasteiger partial charge in [0.2, 0.25) is 0 Å². The highest BCUT2D eigenvalue weighted by molar-refractivity contribution is 9.09. The van der Waals surface area contributed by atoms with Gasteiger partial charge in [-0.05, 0) is 30.4 Å². The van der Waals surface area contributed by atoms with E-state index in [0.29, 0.717) is 5.41 Å². The van der Waals surface area contributed by atoms with Gasteiger partial charge in [0.05, 0.1) is 0 Å². The molecule has 1 aliphatic carbocycles. The van der Waals surface area contributed by atoms with Gasteiger partial charge in [0, 0.05) is 28.4 Å². The molecule has 1 aromatic rings. The average Bonchev–Trinajstić information content (AvgIpc) is 2.97. The molecule has 0 radical (unpaired) electrons. The number of nitrogens with zero attached hydrogens (tertiary/aromatic N) is 1. The van der Waals surface area contributed by atoms with Crippen molar-refractivity contribution in [3.05, 3.63) is 24.5 Å². The van der Waals surface area contributed by atoms with Crippen LogP contribution in [0, 0.1) is 5.41 Å². The van der Waals surface area contributed by atoms with Gasteiger partial charge in [-0.1, -0.05) is 15.9 Å². The molecular weight excluding hydrogens is 246 g/mol. The maximum atomic E-state index is 4.00. The van der Waals surface area contributed by atoms with Crippen LogP contribution < -0.4 is 0 Å². The normalized spacial score (nSPS) is 18.5. The third kappa shape index (κ3) is 2.47. The fourth-order valence-corrected chi connectivity index (χ4v) is 3.36. The van der Waals surface area contributed by atoms with Gasteiger partial charge >= 0.3 is 0 Å². The molecular formula is C10H12BrNS. The van der Waals surface area contributed by atoms with E-state index >= 15 is 0 Å². The summed E-state index contributed by atoms with van der Waals surface area (Å²) in [4.78, 5) is 5.34. The largest absolute Gasteiger partial charge is 0.265 e. The summed E-state index contributed by atoms with van der Waals surface area (Å²) in [6.45, 7) is 0. The number of alkyl halides is 1. The van der Waals surface area contributed by atoms with E-state index in [2.05, 4.69) is 33.0 Å². The van der Waals surface area contributed by atoms with Gasteiger partial charge in [0.25, 0.3) is 0 Å². The van der Waals surface area contributed by atoms with Crippen LogP contribution in [0.5, 0.6) is 0 Å². The number of halogens is 1. The van der Waals surface area contributed by atoms with Crippen molar-refractivity contribution in [2.45, 2.75) is 17.7 Å². The molecule has 0 spiro atoms. The smallest absolute Gasteiger partial charge is 0.0278 e. The van der Waals surface area contributed by atoms with Gasteiger partial charge < -0.3 is 0 Å². The number of pyridine rings is 1. The Morgan fingerprint density at radius 1 is 1.38 bits per heavy atom. The van der Waals surface area contributed by atoms with Crippen molar-refractivity contribution in [3.63, 3.8) is 0 Å². The number of aromatic nitrogens is 1. The molecule has 0 N–H and O–H groups in total. The van der Waals surface area contributed by atoms with E-state index in [4.69, 9.17) is 0 Å². The zero-order valence-corrected chi connectivity index (χ0v) is 9.77. The maximum Gasteiger partial charge on any atom is 0.0278 e. The predicted octanol–water partition coefficient (Wildman–Crippen LogP) is 3.35. The second-order valence-electron chi connectivity index (χ2n) is 3.61. The second kappa shape index (κ2) is 4.01. The summed E-state index contributed by atoms with van der Waals surface area (Å²) in [6, 6.07) is 4.16. The summed E-state index contributed by atoms with van der Waals surface area (Å²) in [7, 11) is 0. The first-order chi connectivity index (χ1) is 6.35. The molecule has 13 heavy (non-hydrogen) atoms. The van der Waals surface area contributed by atoms with Crippen LogP contribution in [-0.2, 0) is 0 Å². The van der Waals surface area contributed by atoms with E-state index in [1.54, 1.807) is 0 Å². The van der Waals surface area contributed by atoms with Gasteiger partial charge in [-0.25, -0.2) is 0 Å². The zero-order chi connectivity index (χ0) is 9.15. The Kier molecular flexibility index (Phi) is 2.94. The lowest BCUT2D eigenvalue weighted by Crippen LogP contribution is -2.04. The Hall–Kier alpha value is -0.0200. The molecule has 1 heterocycles. The Balaban J connectivity index is 1.86. The van der Waals surface area contributed by atoms with Gasteiger partial charge in [0.1, 0.15) is 0 Å². The fraction of sp³-hybridized carbons (Fsp3) is 0.500. The van der Waals surface area contributed by atoms with Crippen molar-refractivity contribution >= 4 is 27.7 Å². The van der Waals surface area contributed by atoms with Crippen LogP contribution >= 0.6 is 27.7 Å². The number of rotatable bonds is 4. The van der Waals surface area contributed by atoms with Crippen LogP contribution in [0.25, 0.3) is 0 Å². The Bertz CT molecular complexity index is 272. The average molecular weight is 258 g/mol. The predicted molar refractivity (Wildman–Crippen MR) is 60.4 cm³/mol. The first-order valence-corrected chi connectivity index (χ1v) is 6.54. The van der Waals surface area contributed by atoms with E-state index < -0.39 is 0 Å². The van der Waals surface area contributed by atoms with Crippen LogP contribution in [-0.4, -0.2) is 16.1 Å². The Morgan fingerprint density at radius 3 is 2.62 bits per heavy atom. The summed E-state index contributed by atoms with van der Waals surface area (Å²) >= 11 is 5.53. The monoisotopic (exact) mass is 257 g/mol. The van der Waals surface area contributed by atoms with Gasteiger partial charge in [-0.2, -0.15) is 0 Å². The summed E-state index contributed by atoms with van der Waals surface area (Å²) in [5.41, 5.74) is 0.605. The molecule has 1 fully saturated rings. The first-order valence-electron chi connectivity index (χ1n) is 4.43. The van der Waals surface area contributed by atoms with Crippen molar-refractivity contribution in [2.75, 3.05) is 11.1 Å². The maximum absolute atomic E-state index is 4.00. The first kappa shape index (κ1) is 9.53. The number of hydrogen-bond acceptors (Lipinski definition) is 2. The van der Waals surface area contributed by atoms with Crippen molar-refractivity contribution in [1.82, 2.24) is 4.98 Å². The molecule has 0 aliphatic heterocycles. The SMILES string of the molecule is BrCC1(CSc2ccncc2)CC1. The minimum Gasteiger partial charge on any atom is -0.265 e. The van der Waals surface area contributed by atoms with E-state index in [9.17, 15) is 0 Å². The van der Waals surface area contributed by atoms with Gasteiger partial charge in [-0.15, -0.1) is 11.8 Å². The highest BCUT2D eigenvalue weighted by Crippen LogP contribution is 2.50. The molecule has 2 rings (SSSR count). The third-order valence-corrected chi connectivity index (χ3v) is 4.99. The molecule has 1 aliphatic rings. The summed E-state index contributed by atoms with van der Waals surface area (Å²) in [5.74, 6) is 1.24. The van der Waals surface area contributed by atoms with E-state index in [1.807, 2.05) is 24.2 Å². The molecule has 1 saturated carbocycles. The topological polar surface area (TPSA) is 12.9 Å². The third-order valence-electron chi connectivity index (χ3n) is 2.44. The molecule has 0 amide bonds. The molecule has 1 aromatic heterocycles. The van der Waals surface area contributed by atoms with Crippen molar-refractivity contribution in [1.29, 1.82) is 0 Å². The quantitative estimate of drug-likeness (QED) is 0.606. The highest BCUT2D eigenvalue weighted by atomic mass is 79.9. The number of hydrogen-bond donors (Lipinski definition) is 0. The van der Waals surface area contributed by atoms with Crippen LogP contribution in [0.15, 0.2) is 29.4 Å². The highest BCUT2D eigenvalue weighted by Gasteiger charge is 2.41. The Morgan fingerprint density at radius 2 is 2.08 bits per heavy atom. The van der Waals surface area contributed by atoms with Crippen molar-refractivity contribution in [3.8, 4) is 0 Å². The van der Waals surface area contributed by atoms with E-state index in [1.165, 1.54) is 23.5 Å². The van der Waals surface area contributed by atoms with Crippen molar-refractivity contribution < 1.29 is 0 Å². The number of thioether (sulfide) groups is 1. The standard InChI is InChI=1S/C10H12BrNS/c11-7-10(3-4-10)8-13-9-1-5-12-6-2-9/h1-2,5-6H,3-4,7-8H2. The fourth-order valence-electron chi connectivity index (χ4n) is 1.16. The lowest BCUT2D eigenvalue weighted by molar-refractivity contribution is 0.686. The van der Waals surface area contributed by atoms with Crippen LogP contribution in [0.4, 0.5) is 0 Å². The molecule has 3 heteroatoms. The summed E-state index contributed by atoms with van der Waals surface area (Å²) in [6.07, 6.45) is 6.48. The minimum atomic E-state index is 0.605. The molecule has 0 saturated heterocycles. The van der Waals surface area contributed by atoms with Crippen molar-refractivity contribution in [2.24, 2.45) is 5.41 Å².